The summed E-state index contributed by atoms with van der Waals surface area (Å²) in [7, 11) is 0. The van der Waals surface area contributed by atoms with Gasteiger partial charge in [-0.2, -0.15) is 0 Å². The highest BCUT2D eigenvalue weighted by molar-refractivity contribution is 5.28. The fourth-order valence-corrected chi connectivity index (χ4v) is 4.18. The molecule has 2 aliphatic rings. The van der Waals surface area contributed by atoms with Crippen molar-refractivity contribution in [1.82, 2.24) is 0 Å². The lowest BCUT2D eigenvalue weighted by Crippen LogP contribution is -2.44. The smallest absolute Gasteiger partial charge is 0.0726 e. The van der Waals surface area contributed by atoms with E-state index in [0.29, 0.717) is 5.92 Å². The van der Waals surface area contributed by atoms with Crippen LogP contribution < -0.4 is 0 Å². The summed E-state index contributed by atoms with van der Waals surface area (Å²) < 4.78 is 0. The number of hydrogen-bond acceptors (Lipinski definition) is 2. The largest absolute Gasteiger partial charge is 0.396 e. The van der Waals surface area contributed by atoms with Crippen LogP contribution in [0.3, 0.4) is 0 Å². The number of fused-ring (bicyclic) bond motifs is 1. The van der Waals surface area contributed by atoms with Gasteiger partial charge in [0.05, 0.1) is 6.10 Å². The number of aliphatic hydroxyl groups excluding tert-OH is 2. The second-order valence-electron chi connectivity index (χ2n) is 6.75. The highest BCUT2D eigenvalue weighted by atomic mass is 16.3. The van der Waals surface area contributed by atoms with Crippen molar-refractivity contribution in [2.75, 3.05) is 6.61 Å². The summed E-state index contributed by atoms with van der Waals surface area (Å²) in [6.45, 7) is 7.17. The van der Waals surface area contributed by atoms with Gasteiger partial charge in [-0.3, -0.25) is 0 Å². The van der Waals surface area contributed by atoms with Crippen LogP contribution in [0.2, 0.25) is 0 Å². The molecule has 0 aromatic carbocycles. The van der Waals surface area contributed by atoms with Crippen LogP contribution >= 0.6 is 0 Å². The summed E-state index contributed by atoms with van der Waals surface area (Å²) in [6, 6.07) is 0. The van der Waals surface area contributed by atoms with Gasteiger partial charge in [-0.1, -0.05) is 38.8 Å². The van der Waals surface area contributed by atoms with Crippen LogP contribution in [0.25, 0.3) is 0 Å². The molecule has 0 aliphatic heterocycles. The van der Waals surface area contributed by atoms with Crippen LogP contribution in [0.5, 0.6) is 0 Å². The van der Waals surface area contributed by atoms with Gasteiger partial charge >= 0.3 is 0 Å². The zero-order valence-electron chi connectivity index (χ0n) is 11.4. The highest BCUT2D eigenvalue weighted by Crippen LogP contribution is 2.57. The van der Waals surface area contributed by atoms with E-state index in [9.17, 15) is 10.2 Å². The molecule has 98 valence electrons. The van der Waals surface area contributed by atoms with Crippen molar-refractivity contribution >= 4 is 0 Å². The molecule has 0 aromatic rings. The molecule has 0 spiro atoms. The van der Waals surface area contributed by atoms with Gasteiger partial charge < -0.3 is 10.2 Å². The second kappa shape index (κ2) is 4.40. The van der Waals surface area contributed by atoms with Gasteiger partial charge in [0.15, 0.2) is 0 Å². The lowest BCUT2D eigenvalue weighted by Gasteiger charge is -2.53. The molecule has 1 unspecified atom stereocenters. The minimum atomic E-state index is -0.313. The Hall–Kier alpha value is -0.340. The molecule has 0 amide bonds. The van der Waals surface area contributed by atoms with Crippen molar-refractivity contribution in [3.63, 3.8) is 0 Å². The Morgan fingerprint density at radius 1 is 1.29 bits per heavy atom. The van der Waals surface area contributed by atoms with Gasteiger partial charge in [0, 0.05) is 6.61 Å². The predicted octanol–water partition coefficient (Wildman–Crippen LogP) is 2.89. The molecule has 0 radical (unpaired) electrons. The maximum Gasteiger partial charge on any atom is 0.0726 e. The molecule has 0 saturated heterocycles. The van der Waals surface area contributed by atoms with Crippen LogP contribution in [0.15, 0.2) is 11.6 Å². The van der Waals surface area contributed by atoms with Crippen LogP contribution in [0.1, 0.15) is 52.9 Å². The van der Waals surface area contributed by atoms with Gasteiger partial charge in [0.1, 0.15) is 0 Å². The first-order valence-corrected chi connectivity index (χ1v) is 6.92. The Kier molecular flexibility index (Phi) is 3.39. The second-order valence-corrected chi connectivity index (χ2v) is 6.75. The molecule has 3 atom stereocenters. The van der Waals surface area contributed by atoms with Crippen LogP contribution in [-0.4, -0.2) is 22.9 Å². The summed E-state index contributed by atoms with van der Waals surface area (Å²) in [5.41, 5.74) is 1.85. The number of rotatable bonds is 2. The molecule has 0 heterocycles. The maximum absolute atomic E-state index is 10.0. The Bertz CT molecular complexity index is 319. The standard InChI is InChI=1S/C15H26O2/c1-14(2)6-4-7-15(3)11(5-8-16)9-12(17)10-13(14)15/h10-12,16-17H,4-9H2,1-3H3/t11-,12?,15+/m0/s1. The minimum absolute atomic E-state index is 0.198. The summed E-state index contributed by atoms with van der Waals surface area (Å²) >= 11 is 0. The SMILES string of the molecule is CC1(C)CCC[C@@]2(C)C1=CC(O)C[C@@H]2CCO. The van der Waals surface area contributed by atoms with Crippen LogP contribution in [-0.2, 0) is 0 Å². The van der Waals surface area contributed by atoms with Gasteiger partial charge in [0.2, 0.25) is 0 Å². The van der Waals surface area contributed by atoms with Crippen molar-refractivity contribution in [2.45, 2.75) is 59.0 Å². The van der Waals surface area contributed by atoms with Gasteiger partial charge in [-0.15, -0.1) is 0 Å². The van der Waals surface area contributed by atoms with Gasteiger partial charge in [-0.05, 0) is 42.4 Å². The third kappa shape index (κ3) is 2.17. The van der Waals surface area contributed by atoms with E-state index in [1.54, 1.807) is 0 Å². The molecule has 0 bridgehead atoms. The van der Waals surface area contributed by atoms with E-state index in [1.165, 1.54) is 24.8 Å². The van der Waals surface area contributed by atoms with E-state index in [-0.39, 0.29) is 23.5 Å². The molecular weight excluding hydrogens is 212 g/mol. The molecule has 1 saturated carbocycles. The fourth-order valence-electron chi connectivity index (χ4n) is 4.18. The van der Waals surface area contributed by atoms with Crippen LogP contribution in [0.4, 0.5) is 0 Å². The Labute approximate surface area is 105 Å². The van der Waals surface area contributed by atoms with E-state index in [2.05, 4.69) is 26.8 Å². The predicted molar refractivity (Wildman–Crippen MR) is 69.6 cm³/mol. The third-order valence-corrected chi connectivity index (χ3v) is 5.11. The first kappa shape index (κ1) is 13.1. The number of hydrogen-bond donors (Lipinski definition) is 2. The van der Waals surface area contributed by atoms with E-state index in [1.807, 2.05) is 0 Å². The number of allylic oxidation sites excluding steroid dienone is 1. The monoisotopic (exact) mass is 238 g/mol. The Balaban J connectivity index is 2.37. The first-order chi connectivity index (χ1) is 7.90. The third-order valence-electron chi connectivity index (χ3n) is 5.11. The molecular formula is C15H26O2. The number of aliphatic hydroxyl groups is 2. The molecule has 2 N–H and O–H groups in total. The van der Waals surface area contributed by atoms with E-state index in [0.717, 1.165) is 12.8 Å². The first-order valence-electron chi connectivity index (χ1n) is 6.92. The molecule has 17 heavy (non-hydrogen) atoms. The Morgan fingerprint density at radius 3 is 2.65 bits per heavy atom. The molecule has 2 nitrogen and oxygen atoms in total. The maximum atomic E-state index is 10.0. The summed E-state index contributed by atoms with van der Waals surface area (Å²) in [5, 5.41) is 19.3. The fraction of sp³-hybridized carbons (Fsp3) is 0.867. The molecule has 2 aliphatic carbocycles. The van der Waals surface area contributed by atoms with E-state index >= 15 is 0 Å². The topological polar surface area (TPSA) is 40.5 Å². The lowest BCUT2D eigenvalue weighted by molar-refractivity contribution is 0.0462. The van der Waals surface area contributed by atoms with Crippen molar-refractivity contribution in [3.05, 3.63) is 11.6 Å². The van der Waals surface area contributed by atoms with Crippen molar-refractivity contribution < 1.29 is 10.2 Å². The molecule has 0 aromatic heterocycles. The highest BCUT2D eigenvalue weighted by Gasteiger charge is 2.48. The van der Waals surface area contributed by atoms with Crippen LogP contribution in [0, 0.1) is 16.7 Å². The van der Waals surface area contributed by atoms with Crippen molar-refractivity contribution in [1.29, 1.82) is 0 Å². The molecule has 2 rings (SSSR count). The zero-order chi connectivity index (χ0) is 12.7. The molecule has 2 heteroatoms. The minimum Gasteiger partial charge on any atom is -0.396 e. The lowest BCUT2D eigenvalue weighted by atomic mass is 9.52. The van der Waals surface area contributed by atoms with Crippen molar-refractivity contribution in [2.24, 2.45) is 16.7 Å². The van der Waals surface area contributed by atoms with Crippen molar-refractivity contribution in [3.8, 4) is 0 Å². The zero-order valence-corrected chi connectivity index (χ0v) is 11.4. The summed E-state index contributed by atoms with van der Waals surface area (Å²) in [6.07, 6.45) is 7.11. The average molecular weight is 238 g/mol. The van der Waals surface area contributed by atoms with Gasteiger partial charge in [-0.25, -0.2) is 0 Å². The molecule has 1 fully saturated rings. The summed E-state index contributed by atoms with van der Waals surface area (Å²) in [4.78, 5) is 0. The van der Waals surface area contributed by atoms with E-state index in [4.69, 9.17) is 0 Å². The average Bonchev–Trinajstić information content (AvgIpc) is 2.22. The summed E-state index contributed by atoms with van der Waals surface area (Å²) in [5.74, 6) is 0.432. The van der Waals surface area contributed by atoms with E-state index < -0.39 is 0 Å². The van der Waals surface area contributed by atoms with Gasteiger partial charge in [0.25, 0.3) is 0 Å². The normalized spacial score (nSPS) is 40.6. The Morgan fingerprint density at radius 2 is 2.00 bits per heavy atom. The quantitative estimate of drug-likeness (QED) is 0.726.